The molecule has 2 aromatic rings. The molecule has 0 spiro atoms. The average molecular weight is 390 g/mol. The molecular formula is C14H14BrF2N3O3. The first-order valence-corrected chi connectivity index (χ1v) is 7.96. The predicted octanol–water partition coefficient (Wildman–Crippen LogP) is 3.65. The Kier molecular flexibility index (Phi) is 4.47. The van der Waals surface area contributed by atoms with Crippen LogP contribution in [0, 0.1) is 0 Å². The summed E-state index contributed by atoms with van der Waals surface area (Å²) in [6.07, 6.45) is 0.342. The summed E-state index contributed by atoms with van der Waals surface area (Å²) in [5, 5.41) is 6.42. The molecule has 23 heavy (non-hydrogen) atoms. The Morgan fingerprint density at radius 3 is 2.78 bits per heavy atom. The molecule has 9 heteroatoms. The lowest BCUT2D eigenvalue weighted by molar-refractivity contribution is -0.0389. The Labute approximate surface area is 138 Å². The fourth-order valence-electron chi connectivity index (χ4n) is 2.48. The molecule has 0 bridgehead atoms. The first-order valence-electron chi connectivity index (χ1n) is 7.17. The molecule has 1 fully saturated rings. The maximum atomic E-state index is 13.1. The fourth-order valence-corrected chi connectivity index (χ4v) is 2.79. The molecule has 124 valence electrons. The summed E-state index contributed by atoms with van der Waals surface area (Å²) >= 11 is 3.11. The van der Waals surface area contributed by atoms with Crippen LogP contribution in [-0.4, -0.2) is 22.0 Å². The van der Waals surface area contributed by atoms with Gasteiger partial charge in [0.25, 0.3) is 5.91 Å². The molecule has 1 saturated carbocycles. The third kappa shape index (κ3) is 3.95. The van der Waals surface area contributed by atoms with Crippen molar-refractivity contribution >= 4 is 21.8 Å². The lowest BCUT2D eigenvalue weighted by Gasteiger charge is -2.26. The third-order valence-corrected chi connectivity index (χ3v) is 4.19. The smallest absolute Gasteiger partial charge is 0.287 e. The average Bonchev–Trinajstić information content (AvgIpc) is 3.14. The van der Waals surface area contributed by atoms with Crippen LogP contribution in [-0.2, 0) is 6.54 Å². The summed E-state index contributed by atoms with van der Waals surface area (Å²) in [4.78, 5) is 16.0. The normalized spacial score (nSPS) is 18.0. The molecule has 0 radical (unpaired) electrons. The largest absolute Gasteiger partial charge is 0.444 e. The summed E-state index contributed by atoms with van der Waals surface area (Å²) in [5.41, 5.74) is 0. The van der Waals surface area contributed by atoms with Gasteiger partial charge in [0.1, 0.15) is 0 Å². The van der Waals surface area contributed by atoms with Gasteiger partial charge < -0.3 is 14.3 Å². The van der Waals surface area contributed by atoms with E-state index in [1.807, 2.05) is 0 Å². The van der Waals surface area contributed by atoms with E-state index < -0.39 is 11.8 Å². The molecule has 0 aliphatic heterocycles. The van der Waals surface area contributed by atoms with E-state index in [1.165, 1.54) is 6.07 Å². The van der Waals surface area contributed by atoms with Crippen LogP contribution >= 0.6 is 15.9 Å². The van der Waals surface area contributed by atoms with E-state index >= 15 is 0 Å². The number of furan rings is 1. The van der Waals surface area contributed by atoms with Crippen molar-refractivity contribution in [3.63, 3.8) is 0 Å². The Hall–Kier alpha value is -1.77. The quantitative estimate of drug-likeness (QED) is 0.862. The van der Waals surface area contributed by atoms with Crippen molar-refractivity contribution in [2.45, 2.75) is 44.1 Å². The first-order chi connectivity index (χ1) is 10.9. The highest BCUT2D eigenvalue weighted by molar-refractivity contribution is 9.10. The molecule has 0 unspecified atom stereocenters. The van der Waals surface area contributed by atoms with Crippen LogP contribution in [0.3, 0.4) is 0 Å². The molecule has 1 aliphatic carbocycles. The van der Waals surface area contributed by atoms with Gasteiger partial charge >= 0.3 is 0 Å². The van der Waals surface area contributed by atoms with Crippen LogP contribution in [0.4, 0.5) is 8.78 Å². The van der Waals surface area contributed by atoms with Crippen LogP contribution in [0.1, 0.15) is 53.9 Å². The Morgan fingerprint density at radius 1 is 1.39 bits per heavy atom. The molecule has 1 aliphatic rings. The van der Waals surface area contributed by atoms with Crippen LogP contribution in [0.2, 0.25) is 0 Å². The Morgan fingerprint density at radius 2 is 2.13 bits per heavy atom. The highest BCUT2D eigenvalue weighted by Gasteiger charge is 2.36. The number of hydrogen-bond donors (Lipinski definition) is 1. The van der Waals surface area contributed by atoms with Crippen molar-refractivity contribution in [3.8, 4) is 0 Å². The SMILES string of the molecule is O=C(NCc1nc(C2CCC(F)(F)CC2)no1)c1ccc(Br)o1. The van der Waals surface area contributed by atoms with Gasteiger partial charge in [-0.2, -0.15) is 4.98 Å². The minimum atomic E-state index is -2.59. The minimum absolute atomic E-state index is 0.0486. The summed E-state index contributed by atoms with van der Waals surface area (Å²) < 4.78 is 36.9. The second-order valence-electron chi connectivity index (χ2n) is 5.46. The van der Waals surface area contributed by atoms with Crippen molar-refractivity contribution in [1.82, 2.24) is 15.5 Å². The minimum Gasteiger partial charge on any atom is -0.444 e. The van der Waals surface area contributed by atoms with Crippen LogP contribution in [0.15, 0.2) is 25.7 Å². The van der Waals surface area contributed by atoms with Crippen molar-refractivity contribution in [2.75, 3.05) is 0 Å². The number of aromatic nitrogens is 2. The van der Waals surface area contributed by atoms with Gasteiger partial charge in [-0.25, -0.2) is 8.78 Å². The van der Waals surface area contributed by atoms with E-state index in [0.29, 0.717) is 23.3 Å². The van der Waals surface area contributed by atoms with Crippen LogP contribution in [0.5, 0.6) is 0 Å². The van der Waals surface area contributed by atoms with E-state index in [-0.39, 0.29) is 37.0 Å². The van der Waals surface area contributed by atoms with Gasteiger partial charge in [-0.15, -0.1) is 0 Å². The molecule has 1 N–H and O–H groups in total. The zero-order chi connectivity index (χ0) is 16.4. The van der Waals surface area contributed by atoms with E-state index in [0.717, 1.165) is 0 Å². The van der Waals surface area contributed by atoms with Gasteiger partial charge in [0.2, 0.25) is 11.8 Å². The van der Waals surface area contributed by atoms with E-state index in [2.05, 4.69) is 31.4 Å². The van der Waals surface area contributed by atoms with Gasteiger partial charge in [0, 0.05) is 18.8 Å². The molecule has 2 heterocycles. The van der Waals surface area contributed by atoms with Gasteiger partial charge in [-0.3, -0.25) is 4.79 Å². The number of nitrogens with zero attached hydrogens (tertiary/aromatic N) is 2. The van der Waals surface area contributed by atoms with Crippen molar-refractivity contribution < 1.29 is 22.5 Å². The number of carbonyl (C=O) groups excluding carboxylic acids is 1. The number of carbonyl (C=O) groups is 1. The highest BCUT2D eigenvalue weighted by Crippen LogP contribution is 2.39. The zero-order valence-electron chi connectivity index (χ0n) is 12.0. The zero-order valence-corrected chi connectivity index (χ0v) is 13.6. The number of amides is 1. The van der Waals surface area contributed by atoms with Gasteiger partial charge in [0.05, 0.1) is 6.54 Å². The topological polar surface area (TPSA) is 81.2 Å². The second kappa shape index (κ2) is 6.38. The van der Waals surface area contributed by atoms with E-state index in [1.54, 1.807) is 6.07 Å². The molecule has 3 rings (SSSR count). The summed E-state index contributed by atoms with van der Waals surface area (Å²) in [6.45, 7) is 0.0486. The third-order valence-electron chi connectivity index (χ3n) is 3.76. The number of hydrogen-bond acceptors (Lipinski definition) is 5. The molecule has 6 nitrogen and oxygen atoms in total. The summed E-state index contributed by atoms with van der Waals surface area (Å²) in [5.74, 6) is -2.31. The molecule has 0 atom stereocenters. The Bertz CT molecular complexity index is 691. The maximum Gasteiger partial charge on any atom is 0.287 e. The van der Waals surface area contributed by atoms with Gasteiger partial charge in [-0.05, 0) is 40.9 Å². The monoisotopic (exact) mass is 389 g/mol. The number of nitrogens with one attached hydrogen (secondary N) is 1. The molecule has 0 aromatic carbocycles. The van der Waals surface area contributed by atoms with Crippen molar-refractivity contribution in [3.05, 3.63) is 34.3 Å². The molecular weight excluding hydrogens is 376 g/mol. The van der Waals surface area contributed by atoms with Gasteiger partial charge in [0.15, 0.2) is 16.3 Å². The van der Waals surface area contributed by atoms with Crippen LogP contribution in [0.25, 0.3) is 0 Å². The Balaban J connectivity index is 1.54. The first kappa shape index (κ1) is 16.1. The number of halogens is 3. The molecule has 0 saturated heterocycles. The van der Waals surface area contributed by atoms with Gasteiger partial charge in [-0.1, -0.05) is 5.16 Å². The van der Waals surface area contributed by atoms with Crippen molar-refractivity contribution in [2.24, 2.45) is 0 Å². The standard InChI is InChI=1S/C14H14BrF2N3O3/c15-10-2-1-9(22-10)13(21)18-7-11-19-12(20-23-11)8-3-5-14(16,17)6-4-8/h1-2,8H,3-7H2,(H,18,21). The fraction of sp³-hybridized carbons (Fsp3) is 0.500. The number of rotatable bonds is 4. The second-order valence-corrected chi connectivity index (χ2v) is 6.24. The maximum absolute atomic E-state index is 13.1. The summed E-state index contributed by atoms with van der Waals surface area (Å²) in [6, 6.07) is 3.14. The predicted molar refractivity (Wildman–Crippen MR) is 78.0 cm³/mol. The van der Waals surface area contributed by atoms with E-state index in [4.69, 9.17) is 8.94 Å². The van der Waals surface area contributed by atoms with Crippen LogP contribution < -0.4 is 5.32 Å². The summed E-state index contributed by atoms with van der Waals surface area (Å²) in [7, 11) is 0. The highest BCUT2D eigenvalue weighted by atomic mass is 79.9. The van der Waals surface area contributed by atoms with Crippen molar-refractivity contribution in [1.29, 1.82) is 0 Å². The molecule has 1 amide bonds. The number of alkyl halides is 2. The molecule has 2 aromatic heterocycles. The van der Waals surface area contributed by atoms with E-state index in [9.17, 15) is 13.6 Å². The lowest BCUT2D eigenvalue weighted by atomic mass is 9.86. The lowest BCUT2D eigenvalue weighted by Crippen LogP contribution is -2.24.